The average molecular weight is 343 g/mol. The summed E-state index contributed by atoms with van der Waals surface area (Å²) in [6.07, 6.45) is 1.08. The molecular weight excluding hydrogens is 331 g/mol. The van der Waals surface area contributed by atoms with Crippen LogP contribution in [-0.2, 0) is 6.42 Å². The van der Waals surface area contributed by atoms with Crippen molar-refractivity contribution in [2.75, 3.05) is 0 Å². The molecule has 0 heterocycles. The summed E-state index contributed by atoms with van der Waals surface area (Å²) in [5.41, 5.74) is 3.75. The zero-order valence-corrected chi connectivity index (χ0v) is 11.9. The number of hydrogen-bond donors (Lipinski definition) is 0. The molecule has 0 saturated carbocycles. The van der Waals surface area contributed by atoms with Gasteiger partial charge in [-0.25, -0.2) is 0 Å². The van der Waals surface area contributed by atoms with E-state index in [1.807, 2.05) is 12.1 Å². The number of benzene rings is 2. The molecule has 0 spiro atoms. The van der Waals surface area contributed by atoms with Crippen molar-refractivity contribution in [2.24, 2.45) is 0 Å². The van der Waals surface area contributed by atoms with Crippen molar-refractivity contribution < 1.29 is 0 Å². The van der Waals surface area contributed by atoms with E-state index >= 15 is 0 Å². The SMILES string of the molecule is CCc1ccc(-c2ccc(I)c(Cl)c2)cc1. The Kier molecular flexibility index (Phi) is 3.87. The van der Waals surface area contributed by atoms with E-state index in [4.69, 9.17) is 11.6 Å². The first-order chi connectivity index (χ1) is 7.70. The Morgan fingerprint density at radius 1 is 1.00 bits per heavy atom. The first-order valence-corrected chi connectivity index (χ1v) is 6.70. The van der Waals surface area contributed by atoms with Gasteiger partial charge in [-0.1, -0.05) is 48.9 Å². The van der Waals surface area contributed by atoms with Crippen LogP contribution >= 0.6 is 34.2 Å². The molecule has 2 heteroatoms. The Morgan fingerprint density at radius 2 is 1.62 bits per heavy atom. The lowest BCUT2D eigenvalue weighted by Gasteiger charge is -2.04. The van der Waals surface area contributed by atoms with Gasteiger partial charge >= 0.3 is 0 Å². The van der Waals surface area contributed by atoms with Crippen LogP contribution in [0.25, 0.3) is 11.1 Å². The van der Waals surface area contributed by atoms with Crippen molar-refractivity contribution in [2.45, 2.75) is 13.3 Å². The summed E-state index contributed by atoms with van der Waals surface area (Å²) in [4.78, 5) is 0. The van der Waals surface area contributed by atoms with Gasteiger partial charge in [0, 0.05) is 3.57 Å². The Bertz CT molecular complexity index is 489. The van der Waals surface area contributed by atoms with Gasteiger partial charge in [0.15, 0.2) is 0 Å². The van der Waals surface area contributed by atoms with Crippen LogP contribution in [0, 0.1) is 3.57 Å². The van der Waals surface area contributed by atoms with Crippen molar-refractivity contribution in [3.63, 3.8) is 0 Å². The molecule has 2 rings (SSSR count). The highest BCUT2D eigenvalue weighted by Crippen LogP contribution is 2.26. The number of halogens is 2. The molecular formula is C14H12ClI. The van der Waals surface area contributed by atoms with Crippen molar-refractivity contribution in [3.05, 3.63) is 56.6 Å². The van der Waals surface area contributed by atoms with Gasteiger partial charge < -0.3 is 0 Å². The van der Waals surface area contributed by atoms with Crippen LogP contribution in [0.15, 0.2) is 42.5 Å². The van der Waals surface area contributed by atoms with Crippen LogP contribution in [0.5, 0.6) is 0 Å². The average Bonchev–Trinajstić information content (AvgIpc) is 2.33. The lowest BCUT2D eigenvalue weighted by atomic mass is 10.0. The van der Waals surface area contributed by atoms with E-state index in [1.165, 1.54) is 16.7 Å². The van der Waals surface area contributed by atoms with Crippen LogP contribution in [-0.4, -0.2) is 0 Å². The summed E-state index contributed by atoms with van der Waals surface area (Å²) in [7, 11) is 0. The van der Waals surface area contributed by atoms with E-state index in [2.05, 4.69) is 59.8 Å². The maximum absolute atomic E-state index is 6.11. The summed E-state index contributed by atoms with van der Waals surface area (Å²) in [6.45, 7) is 2.16. The second-order valence-corrected chi connectivity index (χ2v) is 5.25. The fourth-order valence-corrected chi connectivity index (χ4v) is 2.12. The fourth-order valence-electron chi connectivity index (χ4n) is 1.61. The molecule has 0 atom stereocenters. The molecule has 0 saturated heterocycles. The highest BCUT2D eigenvalue weighted by atomic mass is 127. The molecule has 0 bridgehead atoms. The van der Waals surface area contributed by atoms with E-state index in [0.717, 1.165) is 15.0 Å². The second-order valence-electron chi connectivity index (χ2n) is 3.68. The Balaban J connectivity index is 2.38. The molecule has 0 N–H and O–H groups in total. The van der Waals surface area contributed by atoms with Crippen molar-refractivity contribution >= 4 is 34.2 Å². The monoisotopic (exact) mass is 342 g/mol. The standard InChI is InChI=1S/C14H12ClI/c1-2-10-3-5-11(6-4-10)12-7-8-14(16)13(15)9-12/h3-9H,2H2,1H3. The topological polar surface area (TPSA) is 0 Å². The molecule has 0 unspecified atom stereocenters. The zero-order chi connectivity index (χ0) is 11.5. The molecule has 0 aliphatic rings. The van der Waals surface area contributed by atoms with Crippen molar-refractivity contribution in [1.29, 1.82) is 0 Å². The van der Waals surface area contributed by atoms with E-state index in [1.54, 1.807) is 0 Å². The van der Waals surface area contributed by atoms with E-state index in [9.17, 15) is 0 Å². The van der Waals surface area contributed by atoms with Gasteiger partial charge in [-0.3, -0.25) is 0 Å². The molecule has 0 aromatic heterocycles. The third-order valence-electron chi connectivity index (χ3n) is 2.62. The third kappa shape index (κ3) is 2.58. The molecule has 82 valence electrons. The van der Waals surface area contributed by atoms with Crippen LogP contribution in [0.4, 0.5) is 0 Å². The minimum absolute atomic E-state index is 0.817. The molecule has 0 aliphatic carbocycles. The summed E-state index contributed by atoms with van der Waals surface area (Å²) >= 11 is 8.35. The van der Waals surface area contributed by atoms with Gasteiger partial charge in [0.05, 0.1) is 5.02 Å². The molecule has 2 aromatic rings. The van der Waals surface area contributed by atoms with Gasteiger partial charge in [0.2, 0.25) is 0 Å². The predicted octanol–water partition coefficient (Wildman–Crippen LogP) is 5.17. The molecule has 0 aliphatic heterocycles. The van der Waals surface area contributed by atoms with E-state index in [-0.39, 0.29) is 0 Å². The molecule has 0 nitrogen and oxygen atoms in total. The predicted molar refractivity (Wildman–Crippen MR) is 79.0 cm³/mol. The molecule has 16 heavy (non-hydrogen) atoms. The van der Waals surface area contributed by atoms with Crippen LogP contribution in [0.2, 0.25) is 5.02 Å². The first-order valence-electron chi connectivity index (χ1n) is 5.25. The minimum Gasteiger partial charge on any atom is -0.0832 e. The number of aryl methyl sites for hydroxylation is 1. The largest absolute Gasteiger partial charge is 0.0832 e. The maximum Gasteiger partial charge on any atom is 0.0545 e. The van der Waals surface area contributed by atoms with Gasteiger partial charge in [0.25, 0.3) is 0 Å². The van der Waals surface area contributed by atoms with Gasteiger partial charge in [-0.15, -0.1) is 0 Å². The smallest absolute Gasteiger partial charge is 0.0545 e. The van der Waals surface area contributed by atoms with Crippen LogP contribution in [0.1, 0.15) is 12.5 Å². The summed E-state index contributed by atoms with van der Waals surface area (Å²) in [6, 6.07) is 14.8. The highest BCUT2D eigenvalue weighted by molar-refractivity contribution is 14.1. The summed E-state index contributed by atoms with van der Waals surface area (Å²) in [5, 5.41) is 0.817. The number of hydrogen-bond acceptors (Lipinski definition) is 0. The van der Waals surface area contributed by atoms with Crippen molar-refractivity contribution in [3.8, 4) is 11.1 Å². The zero-order valence-electron chi connectivity index (χ0n) is 9.00. The quantitative estimate of drug-likeness (QED) is 0.660. The lowest BCUT2D eigenvalue weighted by molar-refractivity contribution is 1.14. The van der Waals surface area contributed by atoms with E-state index < -0.39 is 0 Å². The minimum atomic E-state index is 0.817. The Morgan fingerprint density at radius 3 is 2.19 bits per heavy atom. The fraction of sp³-hybridized carbons (Fsp3) is 0.143. The molecule has 0 fully saturated rings. The van der Waals surface area contributed by atoms with Crippen molar-refractivity contribution in [1.82, 2.24) is 0 Å². The normalized spacial score (nSPS) is 10.4. The Labute approximate surface area is 115 Å². The molecule has 2 aromatic carbocycles. The lowest BCUT2D eigenvalue weighted by Crippen LogP contribution is -1.82. The van der Waals surface area contributed by atoms with Gasteiger partial charge in [-0.05, 0) is 57.8 Å². The maximum atomic E-state index is 6.11. The van der Waals surface area contributed by atoms with Gasteiger partial charge in [0.1, 0.15) is 0 Å². The molecule has 0 radical (unpaired) electrons. The second kappa shape index (κ2) is 5.19. The van der Waals surface area contributed by atoms with Gasteiger partial charge in [-0.2, -0.15) is 0 Å². The number of rotatable bonds is 2. The third-order valence-corrected chi connectivity index (χ3v) is 4.19. The molecule has 0 amide bonds. The highest BCUT2D eigenvalue weighted by Gasteiger charge is 2.01. The summed E-state index contributed by atoms with van der Waals surface area (Å²) in [5.74, 6) is 0. The summed E-state index contributed by atoms with van der Waals surface area (Å²) < 4.78 is 1.09. The van der Waals surface area contributed by atoms with E-state index in [0.29, 0.717) is 0 Å². The van der Waals surface area contributed by atoms with Crippen LogP contribution < -0.4 is 0 Å². The Hall–Kier alpha value is -0.540. The first kappa shape index (κ1) is 11.9. The van der Waals surface area contributed by atoms with Crippen LogP contribution in [0.3, 0.4) is 0 Å².